The molecule has 0 amide bonds. The molecule has 0 saturated carbocycles. The number of rotatable bonds is 4. The maximum atomic E-state index is 6.21. The highest BCUT2D eigenvalue weighted by atomic mass is 35.5. The topological polar surface area (TPSA) is 21.3 Å². The van der Waals surface area contributed by atoms with Crippen LogP contribution in [0.1, 0.15) is 24.1 Å². The Morgan fingerprint density at radius 1 is 1.05 bits per heavy atom. The molecular formula is C16H16Cl3NO. The zero-order chi connectivity index (χ0) is 15.6. The largest absolute Gasteiger partial charge is 0.496 e. The fourth-order valence-corrected chi connectivity index (χ4v) is 3.09. The zero-order valence-electron chi connectivity index (χ0n) is 12.0. The summed E-state index contributed by atoms with van der Waals surface area (Å²) < 4.78 is 5.41. The lowest BCUT2D eigenvalue weighted by Crippen LogP contribution is -2.09. The van der Waals surface area contributed by atoms with Crippen molar-refractivity contribution in [3.05, 3.63) is 56.5 Å². The fraction of sp³-hybridized carbons (Fsp3) is 0.250. The molecule has 2 aromatic carbocycles. The molecule has 0 aliphatic heterocycles. The average Bonchev–Trinajstić information content (AvgIpc) is 2.42. The highest BCUT2D eigenvalue weighted by Gasteiger charge is 2.15. The van der Waals surface area contributed by atoms with Crippen LogP contribution in [-0.4, -0.2) is 7.11 Å². The normalized spacial score (nSPS) is 12.1. The second kappa shape index (κ2) is 6.78. The predicted octanol–water partition coefficient (Wildman–Crippen LogP) is 6.14. The van der Waals surface area contributed by atoms with E-state index in [4.69, 9.17) is 39.5 Å². The molecule has 2 nitrogen and oxygen atoms in total. The van der Waals surface area contributed by atoms with E-state index in [-0.39, 0.29) is 6.04 Å². The summed E-state index contributed by atoms with van der Waals surface area (Å²) in [6.45, 7) is 4.07. The number of aryl methyl sites for hydroxylation is 1. The molecule has 0 saturated heterocycles. The van der Waals surface area contributed by atoms with Crippen molar-refractivity contribution in [1.29, 1.82) is 0 Å². The third-order valence-corrected chi connectivity index (χ3v) is 4.03. The summed E-state index contributed by atoms with van der Waals surface area (Å²) >= 11 is 18.3. The van der Waals surface area contributed by atoms with Gasteiger partial charge in [0.2, 0.25) is 0 Å². The molecule has 0 aliphatic rings. The number of hydrogen-bond acceptors (Lipinski definition) is 2. The van der Waals surface area contributed by atoms with E-state index in [9.17, 15) is 0 Å². The van der Waals surface area contributed by atoms with Crippen molar-refractivity contribution in [2.24, 2.45) is 0 Å². The molecule has 1 unspecified atom stereocenters. The lowest BCUT2D eigenvalue weighted by Gasteiger charge is -2.20. The van der Waals surface area contributed by atoms with Crippen LogP contribution in [0.3, 0.4) is 0 Å². The lowest BCUT2D eigenvalue weighted by atomic mass is 10.0. The first-order valence-corrected chi connectivity index (χ1v) is 7.61. The van der Waals surface area contributed by atoms with Gasteiger partial charge < -0.3 is 10.1 Å². The zero-order valence-corrected chi connectivity index (χ0v) is 14.3. The molecule has 0 heterocycles. The number of benzene rings is 2. The molecule has 2 aromatic rings. The van der Waals surface area contributed by atoms with Crippen molar-refractivity contribution in [1.82, 2.24) is 0 Å². The van der Waals surface area contributed by atoms with Crippen molar-refractivity contribution in [3.63, 3.8) is 0 Å². The average molecular weight is 345 g/mol. The van der Waals surface area contributed by atoms with Crippen molar-refractivity contribution < 1.29 is 4.74 Å². The van der Waals surface area contributed by atoms with Crippen molar-refractivity contribution in [2.75, 3.05) is 12.4 Å². The van der Waals surface area contributed by atoms with Gasteiger partial charge in [-0.05, 0) is 32.0 Å². The first-order valence-electron chi connectivity index (χ1n) is 6.48. The van der Waals surface area contributed by atoms with E-state index in [0.29, 0.717) is 20.8 Å². The minimum atomic E-state index is -0.0176. The van der Waals surface area contributed by atoms with Gasteiger partial charge in [0.1, 0.15) is 5.75 Å². The summed E-state index contributed by atoms with van der Waals surface area (Å²) in [5.74, 6) is 0.821. The molecule has 1 atom stereocenters. The number of hydrogen-bond donors (Lipinski definition) is 1. The van der Waals surface area contributed by atoms with Gasteiger partial charge in [-0.2, -0.15) is 0 Å². The summed E-state index contributed by atoms with van der Waals surface area (Å²) in [5, 5.41) is 4.82. The second-order valence-electron chi connectivity index (χ2n) is 4.86. The van der Waals surface area contributed by atoms with Gasteiger partial charge in [0.25, 0.3) is 0 Å². The van der Waals surface area contributed by atoms with Gasteiger partial charge in [-0.3, -0.25) is 0 Å². The SMILES string of the molecule is COc1ccc(C)cc1C(C)Nc1c(Cl)cc(Cl)cc1Cl. The van der Waals surface area contributed by atoms with Crippen LogP contribution in [0.15, 0.2) is 30.3 Å². The molecule has 0 aliphatic carbocycles. The Bertz CT molecular complexity index is 635. The Morgan fingerprint density at radius 3 is 2.24 bits per heavy atom. The molecule has 5 heteroatoms. The van der Waals surface area contributed by atoms with E-state index in [1.807, 2.05) is 26.0 Å². The Labute approximate surface area is 140 Å². The fourth-order valence-electron chi connectivity index (χ4n) is 2.17. The van der Waals surface area contributed by atoms with Crippen LogP contribution in [-0.2, 0) is 0 Å². The Hall–Kier alpha value is -1.09. The van der Waals surface area contributed by atoms with Gasteiger partial charge in [0, 0.05) is 10.6 Å². The minimum absolute atomic E-state index is 0.0176. The molecule has 0 fully saturated rings. The molecule has 1 N–H and O–H groups in total. The molecular weight excluding hydrogens is 329 g/mol. The van der Waals surface area contributed by atoms with E-state index in [0.717, 1.165) is 16.9 Å². The van der Waals surface area contributed by atoms with Crippen LogP contribution in [0.4, 0.5) is 5.69 Å². The number of anilines is 1. The summed E-state index contributed by atoms with van der Waals surface area (Å²) in [5.41, 5.74) is 2.87. The Balaban J connectivity index is 2.34. The van der Waals surface area contributed by atoms with Crippen LogP contribution in [0.25, 0.3) is 0 Å². The van der Waals surface area contributed by atoms with E-state index in [2.05, 4.69) is 11.4 Å². The summed E-state index contributed by atoms with van der Waals surface area (Å²) in [7, 11) is 1.66. The van der Waals surface area contributed by atoms with Gasteiger partial charge in [-0.1, -0.05) is 52.5 Å². The highest BCUT2D eigenvalue weighted by Crippen LogP contribution is 2.37. The summed E-state index contributed by atoms with van der Waals surface area (Å²) in [6, 6.07) is 9.35. The minimum Gasteiger partial charge on any atom is -0.496 e. The standard InChI is InChI=1S/C16H16Cl3NO/c1-9-4-5-15(21-3)12(6-9)10(2)20-16-13(18)7-11(17)8-14(16)19/h4-8,10,20H,1-3H3. The first-order chi connectivity index (χ1) is 9.92. The van der Waals surface area contributed by atoms with Crippen LogP contribution < -0.4 is 10.1 Å². The van der Waals surface area contributed by atoms with E-state index in [1.54, 1.807) is 19.2 Å². The van der Waals surface area contributed by atoms with Crippen molar-refractivity contribution in [2.45, 2.75) is 19.9 Å². The number of halogens is 3. The number of methoxy groups -OCH3 is 1. The van der Waals surface area contributed by atoms with Gasteiger partial charge in [-0.15, -0.1) is 0 Å². The summed E-state index contributed by atoms with van der Waals surface area (Å²) in [6.07, 6.45) is 0. The molecule has 21 heavy (non-hydrogen) atoms. The van der Waals surface area contributed by atoms with Crippen molar-refractivity contribution in [3.8, 4) is 5.75 Å². The second-order valence-corrected chi connectivity index (χ2v) is 6.11. The Kier molecular flexibility index (Phi) is 5.26. The third kappa shape index (κ3) is 3.76. The van der Waals surface area contributed by atoms with Gasteiger partial charge >= 0.3 is 0 Å². The van der Waals surface area contributed by atoms with E-state index >= 15 is 0 Å². The molecule has 0 aromatic heterocycles. The molecule has 112 valence electrons. The van der Waals surface area contributed by atoms with Crippen molar-refractivity contribution >= 4 is 40.5 Å². The van der Waals surface area contributed by atoms with Gasteiger partial charge in [0.15, 0.2) is 0 Å². The number of ether oxygens (including phenoxy) is 1. The molecule has 0 spiro atoms. The molecule has 0 radical (unpaired) electrons. The van der Waals surface area contributed by atoms with Crippen LogP contribution >= 0.6 is 34.8 Å². The lowest BCUT2D eigenvalue weighted by molar-refractivity contribution is 0.408. The van der Waals surface area contributed by atoms with Gasteiger partial charge in [-0.25, -0.2) is 0 Å². The summed E-state index contributed by atoms with van der Waals surface area (Å²) in [4.78, 5) is 0. The van der Waals surface area contributed by atoms with E-state index in [1.165, 1.54) is 0 Å². The highest BCUT2D eigenvalue weighted by molar-refractivity contribution is 6.41. The molecule has 0 bridgehead atoms. The first kappa shape index (κ1) is 16.3. The third-order valence-electron chi connectivity index (χ3n) is 3.22. The van der Waals surface area contributed by atoms with E-state index < -0.39 is 0 Å². The maximum Gasteiger partial charge on any atom is 0.124 e. The monoisotopic (exact) mass is 343 g/mol. The maximum absolute atomic E-state index is 6.21. The van der Waals surface area contributed by atoms with Crippen LogP contribution in [0, 0.1) is 6.92 Å². The number of nitrogens with one attached hydrogen (secondary N) is 1. The van der Waals surface area contributed by atoms with Crippen LogP contribution in [0.2, 0.25) is 15.1 Å². The quantitative estimate of drug-likeness (QED) is 0.719. The molecule has 2 rings (SSSR count). The van der Waals surface area contributed by atoms with Gasteiger partial charge in [0.05, 0.1) is 28.9 Å². The van der Waals surface area contributed by atoms with Crippen LogP contribution in [0.5, 0.6) is 5.75 Å². The smallest absolute Gasteiger partial charge is 0.124 e. The Morgan fingerprint density at radius 2 is 1.67 bits per heavy atom. The predicted molar refractivity (Wildman–Crippen MR) is 91.2 cm³/mol.